The summed E-state index contributed by atoms with van der Waals surface area (Å²) in [5.74, 6) is 0.939. The monoisotopic (exact) mass is 314 g/mol. The molecular weight excluding hydrogens is 288 g/mol. The minimum absolute atomic E-state index is 0.442. The Kier molecular flexibility index (Phi) is 5.08. The summed E-state index contributed by atoms with van der Waals surface area (Å²) < 4.78 is 7.51. The summed E-state index contributed by atoms with van der Waals surface area (Å²) in [7, 11) is 1.79. The van der Waals surface area contributed by atoms with Crippen molar-refractivity contribution in [2.24, 2.45) is 5.92 Å². The lowest BCUT2D eigenvalue weighted by atomic mass is 9.93. The largest absolute Gasteiger partial charge is 0.384 e. The van der Waals surface area contributed by atoms with E-state index < -0.39 is 0 Å². The van der Waals surface area contributed by atoms with Crippen LogP contribution in [0.2, 0.25) is 0 Å². The molecule has 1 aliphatic heterocycles. The second kappa shape index (κ2) is 7.23. The van der Waals surface area contributed by atoms with Crippen LogP contribution in [0.3, 0.4) is 0 Å². The summed E-state index contributed by atoms with van der Waals surface area (Å²) in [6, 6.07) is 6.19. The van der Waals surface area contributed by atoms with Crippen LogP contribution in [0, 0.1) is 12.8 Å². The minimum atomic E-state index is 0.442. The van der Waals surface area contributed by atoms with Crippen molar-refractivity contribution in [3.63, 3.8) is 0 Å². The molecule has 0 saturated carbocycles. The molecule has 3 rings (SSSR count). The van der Waals surface area contributed by atoms with Gasteiger partial charge in [-0.2, -0.15) is 5.10 Å². The van der Waals surface area contributed by atoms with Crippen molar-refractivity contribution in [2.75, 3.05) is 26.8 Å². The Balaban J connectivity index is 1.73. The van der Waals surface area contributed by atoms with Gasteiger partial charge < -0.3 is 4.74 Å². The summed E-state index contributed by atoms with van der Waals surface area (Å²) in [6.07, 6.45) is 3.90. The van der Waals surface area contributed by atoms with Crippen LogP contribution in [-0.2, 0) is 17.8 Å². The zero-order chi connectivity index (χ0) is 16.2. The molecule has 0 amide bonds. The van der Waals surface area contributed by atoms with E-state index in [1.54, 1.807) is 7.11 Å². The number of rotatable bonds is 6. The average Bonchev–Trinajstić information content (AvgIpc) is 3.13. The molecule has 124 valence electrons. The van der Waals surface area contributed by atoms with E-state index in [2.05, 4.69) is 45.6 Å². The van der Waals surface area contributed by atoms with Crippen molar-refractivity contribution in [3.05, 3.63) is 47.5 Å². The SMILES string of the molecule is CCn1ncc(CN2C[C@@H](COC)[C@H](c3ccccn3)C2)c1C. The van der Waals surface area contributed by atoms with Crippen molar-refractivity contribution >= 4 is 0 Å². The van der Waals surface area contributed by atoms with E-state index in [0.29, 0.717) is 11.8 Å². The Morgan fingerprint density at radius 3 is 2.83 bits per heavy atom. The molecule has 1 aliphatic rings. The zero-order valence-corrected chi connectivity index (χ0v) is 14.3. The molecule has 23 heavy (non-hydrogen) atoms. The number of aryl methyl sites for hydroxylation is 1. The molecule has 0 N–H and O–H groups in total. The topological polar surface area (TPSA) is 43.2 Å². The Morgan fingerprint density at radius 2 is 2.17 bits per heavy atom. The van der Waals surface area contributed by atoms with Gasteiger partial charge >= 0.3 is 0 Å². The molecule has 0 radical (unpaired) electrons. The smallest absolute Gasteiger partial charge is 0.0537 e. The molecule has 0 bridgehead atoms. The molecule has 3 heterocycles. The van der Waals surface area contributed by atoms with Crippen molar-refractivity contribution in [1.29, 1.82) is 0 Å². The van der Waals surface area contributed by atoms with Crippen LogP contribution in [-0.4, -0.2) is 46.5 Å². The van der Waals surface area contributed by atoms with Gasteiger partial charge in [0.1, 0.15) is 0 Å². The lowest BCUT2D eigenvalue weighted by Crippen LogP contribution is -2.21. The van der Waals surface area contributed by atoms with Crippen LogP contribution in [0.4, 0.5) is 0 Å². The minimum Gasteiger partial charge on any atom is -0.384 e. The lowest BCUT2D eigenvalue weighted by molar-refractivity contribution is 0.147. The summed E-state index contributed by atoms with van der Waals surface area (Å²) in [4.78, 5) is 7.08. The maximum Gasteiger partial charge on any atom is 0.0537 e. The third-order valence-corrected chi connectivity index (χ3v) is 4.86. The number of methoxy groups -OCH3 is 1. The van der Waals surface area contributed by atoms with E-state index in [9.17, 15) is 0 Å². The van der Waals surface area contributed by atoms with E-state index in [0.717, 1.165) is 32.8 Å². The summed E-state index contributed by atoms with van der Waals surface area (Å²) in [5.41, 5.74) is 3.78. The van der Waals surface area contributed by atoms with Gasteiger partial charge in [0.05, 0.1) is 12.8 Å². The van der Waals surface area contributed by atoms with E-state index in [4.69, 9.17) is 4.74 Å². The molecule has 2 aromatic heterocycles. The highest BCUT2D eigenvalue weighted by Gasteiger charge is 2.34. The number of likely N-dealkylation sites (tertiary alicyclic amines) is 1. The third kappa shape index (κ3) is 3.46. The lowest BCUT2D eigenvalue weighted by Gasteiger charge is -2.16. The van der Waals surface area contributed by atoms with Crippen molar-refractivity contribution in [2.45, 2.75) is 32.9 Å². The van der Waals surface area contributed by atoms with Gasteiger partial charge in [0, 0.05) is 68.3 Å². The number of aromatic nitrogens is 3. The molecule has 5 heteroatoms. The summed E-state index contributed by atoms with van der Waals surface area (Å²) in [5, 5.41) is 4.46. The Bertz CT molecular complexity index is 625. The van der Waals surface area contributed by atoms with Gasteiger partial charge in [-0.1, -0.05) is 6.07 Å². The van der Waals surface area contributed by atoms with Crippen LogP contribution in [0.1, 0.15) is 29.8 Å². The van der Waals surface area contributed by atoms with Crippen LogP contribution < -0.4 is 0 Å². The van der Waals surface area contributed by atoms with Crippen molar-refractivity contribution in [3.8, 4) is 0 Å². The third-order valence-electron chi connectivity index (χ3n) is 4.86. The second-order valence-electron chi connectivity index (χ2n) is 6.34. The molecule has 0 aliphatic carbocycles. The summed E-state index contributed by atoms with van der Waals surface area (Å²) >= 11 is 0. The molecule has 1 fully saturated rings. The maximum atomic E-state index is 5.45. The van der Waals surface area contributed by atoms with Crippen LogP contribution in [0.15, 0.2) is 30.6 Å². The van der Waals surface area contributed by atoms with E-state index in [1.165, 1.54) is 17.0 Å². The highest BCUT2D eigenvalue weighted by Crippen LogP contribution is 2.32. The maximum absolute atomic E-state index is 5.45. The predicted molar refractivity (Wildman–Crippen MR) is 90.3 cm³/mol. The van der Waals surface area contributed by atoms with E-state index in [-0.39, 0.29) is 0 Å². The summed E-state index contributed by atoms with van der Waals surface area (Å²) in [6.45, 7) is 9.03. The van der Waals surface area contributed by atoms with Crippen LogP contribution in [0.5, 0.6) is 0 Å². The van der Waals surface area contributed by atoms with Crippen LogP contribution in [0.25, 0.3) is 0 Å². The molecule has 2 atom stereocenters. The fourth-order valence-electron chi connectivity index (χ4n) is 3.60. The van der Waals surface area contributed by atoms with Gasteiger partial charge in [-0.15, -0.1) is 0 Å². The van der Waals surface area contributed by atoms with Gasteiger partial charge in [-0.25, -0.2) is 0 Å². The standard InChI is InChI=1S/C18H26N4O/c1-4-22-14(2)15(9-20-22)10-21-11-16(13-23-3)17(12-21)18-7-5-6-8-19-18/h5-9,16-17H,4,10-13H2,1-3H3/t16-,17+/m0/s1. The van der Waals surface area contributed by atoms with E-state index >= 15 is 0 Å². The Labute approximate surface area is 138 Å². The number of ether oxygens (including phenoxy) is 1. The highest BCUT2D eigenvalue weighted by atomic mass is 16.5. The van der Waals surface area contributed by atoms with Gasteiger partial charge in [0.25, 0.3) is 0 Å². The van der Waals surface area contributed by atoms with Gasteiger partial charge in [-0.3, -0.25) is 14.6 Å². The second-order valence-corrected chi connectivity index (χ2v) is 6.34. The number of hydrogen-bond acceptors (Lipinski definition) is 4. The zero-order valence-electron chi connectivity index (χ0n) is 14.3. The number of pyridine rings is 1. The van der Waals surface area contributed by atoms with E-state index in [1.807, 2.05) is 18.5 Å². The predicted octanol–water partition coefficient (Wildman–Crippen LogP) is 2.47. The Morgan fingerprint density at radius 1 is 1.30 bits per heavy atom. The quantitative estimate of drug-likeness (QED) is 0.821. The molecule has 0 unspecified atom stereocenters. The molecular formula is C18H26N4O. The molecule has 0 spiro atoms. The fraction of sp³-hybridized carbons (Fsp3) is 0.556. The van der Waals surface area contributed by atoms with Gasteiger partial charge in [0.15, 0.2) is 0 Å². The first-order valence-corrected chi connectivity index (χ1v) is 8.36. The number of hydrogen-bond donors (Lipinski definition) is 0. The molecule has 0 aromatic carbocycles. The highest BCUT2D eigenvalue weighted by molar-refractivity contribution is 5.18. The number of nitrogens with zero attached hydrogens (tertiary/aromatic N) is 4. The molecule has 5 nitrogen and oxygen atoms in total. The first-order valence-electron chi connectivity index (χ1n) is 8.36. The fourth-order valence-corrected chi connectivity index (χ4v) is 3.60. The first kappa shape index (κ1) is 16.1. The van der Waals surface area contributed by atoms with Crippen LogP contribution >= 0.6 is 0 Å². The Hall–Kier alpha value is -1.72. The normalized spacial score (nSPS) is 21.9. The van der Waals surface area contributed by atoms with Crippen molar-refractivity contribution in [1.82, 2.24) is 19.7 Å². The van der Waals surface area contributed by atoms with Gasteiger partial charge in [0.2, 0.25) is 0 Å². The van der Waals surface area contributed by atoms with Gasteiger partial charge in [-0.05, 0) is 26.0 Å². The molecule has 1 saturated heterocycles. The molecule has 2 aromatic rings. The van der Waals surface area contributed by atoms with Crippen molar-refractivity contribution < 1.29 is 4.74 Å². The first-order chi connectivity index (χ1) is 11.2. The average molecular weight is 314 g/mol.